The van der Waals surface area contributed by atoms with E-state index in [4.69, 9.17) is 17.0 Å². The van der Waals surface area contributed by atoms with Gasteiger partial charge in [-0.25, -0.2) is 0 Å². The van der Waals surface area contributed by atoms with Crippen molar-refractivity contribution in [3.63, 3.8) is 0 Å². The molecule has 1 heterocycles. The summed E-state index contributed by atoms with van der Waals surface area (Å²) in [5, 5.41) is 4.09. The van der Waals surface area contributed by atoms with Crippen LogP contribution in [0.5, 0.6) is 5.75 Å². The fourth-order valence-electron chi connectivity index (χ4n) is 3.12. The number of hydrogen-bond acceptors (Lipinski definition) is 3. The highest BCUT2D eigenvalue weighted by atomic mass is 32.1. The molecule has 0 bridgehead atoms. The van der Waals surface area contributed by atoms with Gasteiger partial charge in [-0.1, -0.05) is 0 Å². The molecule has 6 heteroatoms. The van der Waals surface area contributed by atoms with Crippen molar-refractivity contribution < 1.29 is 9.53 Å². The molecule has 1 amide bonds. The second-order valence-corrected chi connectivity index (χ2v) is 7.35. The number of amides is 1. The smallest absolute Gasteiger partial charge is 0.228 e. The molecule has 0 aliphatic carbocycles. The molecule has 1 N–H and O–H groups in total. The fourth-order valence-corrected chi connectivity index (χ4v) is 3.66. The highest BCUT2D eigenvalue weighted by Crippen LogP contribution is 2.23. The lowest BCUT2D eigenvalue weighted by atomic mass is 9.93. The number of rotatable bonds is 5. The summed E-state index contributed by atoms with van der Waals surface area (Å²) in [5.41, 5.74) is 0.867. The van der Waals surface area contributed by atoms with Gasteiger partial charge in [-0.3, -0.25) is 4.79 Å². The molecule has 0 saturated carbocycles. The minimum absolute atomic E-state index is 0.0108. The van der Waals surface area contributed by atoms with Gasteiger partial charge in [0, 0.05) is 37.3 Å². The van der Waals surface area contributed by atoms with Crippen molar-refractivity contribution in [2.24, 2.45) is 0 Å². The molecular formula is C18H27N3O2S. The Kier molecular flexibility index (Phi) is 5.70. The molecule has 0 unspecified atom stereocenters. The van der Waals surface area contributed by atoms with Gasteiger partial charge in [-0.15, -0.1) is 0 Å². The third-order valence-electron chi connectivity index (χ3n) is 4.44. The Bertz CT molecular complexity index is 601. The lowest BCUT2D eigenvalue weighted by Crippen LogP contribution is -2.60. The number of hydrogen-bond donors (Lipinski definition) is 1. The van der Waals surface area contributed by atoms with Crippen LogP contribution in [0.2, 0.25) is 0 Å². The predicted octanol–water partition coefficient (Wildman–Crippen LogP) is 2.80. The Labute approximate surface area is 150 Å². The van der Waals surface area contributed by atoms with Gasteiger partial charge < -0.3 is 19.9 Å². The van der Waals surface area contributed by atoms with E-state index in [1.807, 2.05) is 24.3 Å². The number of nitrogens with one attached hydrogen (secondary N) is 1. The Morgan fingerprint density at radius 3 is 2.58 bits per heavy atom. The maximum Gasteiger partial charge on any atom is 0.228 e. The summed E-state index contributed by atoms with van der Waals surface area (Å²) in [5.74, 6) is 0.848. The molecule has 1 aromatic carbocycles. The average Bonchev–Trinajstić information content (AvgIpc) is 2.52. The molecular weight excluding hydrogens is 322 g/mol. The van der Waals surface area contributed by atoms with Gasteiger partial charge in [-0.2, -0.15) is 0 Å². The van der Waals surface area contributed by atoms with Gasteiger partial charge in [0.15, 0.2) is 5.11 Å². The van der Waals surface area contributed by atoms with Crippen LogP contribution in [-0.2, 0) is 4.79 Å². The Balaban J connectivity index is 1.93. The standard InChI is InChI=1S/C18H27N3O2S/c1-13-12-18(2,3)19-17(24)21(13)11-10-16(22)20(4)14-6-8-15(23-5)9-7-14/h6-9,13H,10-12H2,1-5H3,(H,19,24)/t13-/m1/s1. The van der Waals surface area contributed by atoms with E-state index in [-0.39, 0.29) is 11.4 Å². The monoisotopic (exact) mass is 349 g/mol. The first-order chi connectivity index (χ1) is 11.2. The summed E-state index contributed by atoms with van der Waals surface area (Å²) in [6, 6.07) is 7.80. The van der Waals surface area contributed by atoms with E-state index in [9.17, 15) is 4.79 Å². The van der Waals surface area contributed by atoms with Crippen molar-refractivity contribution in [2.45, 2.75) is 45.2 Å². The van der Waals surface area contributed by atoms with E-state index in [0.29, 0.717) is 19.0 Å². The summed E-state index contributed by atoms with van der Waals surface area (Å²) in [6.45, 7) is 7.08. The summed E-state index contributed by atoms with van der Waals surface area (Å²) >= 11 is 5.47. The van der Waals surface area contributed by atoms with Crippen LogP contribution < -0.4 is 15.0 Å². The van der Waals surface area contributed by atoms with E-state index in [2.05, 4.69) is 31.0 Å². The number of thiocarbonyl (C=S) groups is 1. The first kappa shape index (κ1) is 18.5. The fraction of sp³-hybridized carbons (Fsp3) is 0.556. The van der Waals surface area contributed by atoms with Gasteiger partial charge in [0.2, 0.25) is 5.91 Å². The Morgan fingerprint density at radius 1 is 1.42 bits per heavy atom. The topological polar surface area (TPSA) is 44.8 Å². The lowest BCUT2D eigenvalue weighted by molar-refractivity contribution is -0.118. The quantitative estimate of drug-likeness (QED) is 0.828. The maximum atomic E-state index is 12.5. The van der Waals surface area contributed by atoms with Crippen LogP contribution in [-0.4, -0.2) is 48.2 Å². The van der Waals surface area contributed by atoms with Crippen molar-refractivity contribution >= 4 is 28.9 Å². The third kappa shape index (κ3) is 4.38. The van der Waals surface area contributed by atoms with Crippen molar-refractivity contribution in [3.05, 3.63) is 24.3 Å². The second kappa shape index (κ2) is 7.38. The molecule has 1 fully saturated rings. The van der Waals surface area contributed by atoms with Gasteiger partial charge in [-0.05, 0) is 63.7 Å². The molecule has 1 aliphatic heterocycles. The van der Waals surface area contributed by atoms with Crippen LogP contribution in [0.1, 0.15) is 33.6 Å². The van der Waals surface area contributed by atoms with Gasteiger partial charge in [0.05, 0.1) is 7.11 Å². The van der Waals surface area contributed by atoms with Crippen molar-refractivity contribution in [3.8, 4) is 5.75 Å². The molecule has 1 aliphatic rings. The first-order valence-electron chi connectivity index (χ1n) is 8.23. The minimum atomic E-state index is 0.0108. The minimum Gasteiger partial charge on any atom is -0.497 e. The van der Waals surface area contributed by atoms with Crippen LogP contribution >= 0.6 is 12.2 Å². The molecule has 0 radical (unpaired) electrons. The second-order valence-electron chi connectivity index (χ2n) is 6.96. The SMILES string of the molecule is COc1ccc(N(C)C(=O)CCN2C(=S)NC(C)(C)C[C@H]2C)cc1. The van der Waals surface area contributed by atoms with Crippen molar-refractivity contribution in [2.75, 3.05) is 25.6 Å². The zero-order valence-corrected chi connectivity index (χ0v) is 15.9. The molecule has 24 heavy (non-hydrogen) atoms. The van der Waals surface area contributed by atoms with Crippen LogP contribution in [0.4, 0.5) is 5.69 Å². The van der Waals surface area contributed by atoms with Crippen molar-refractivity contribution in [1.29, 1.82) is 0 Å². The zero-order valence-electron chi connectivity index (χ0n) is 15.1. The first-order valence-corrected chi connectivity index (χ1v) is 8.64. The summed E-state index contributed by atoms with van der Waals surface area (Å²) < 4.78 is 5.15. The number of benzene rings is 1. The lowest BCUT2D eigenvalue weighted by Gasteiger charge is -2.44. The predicted molar refractivity (Wildman–Crippen MR) is 102 cm³/mol. The van der Waals surface area contributed by atoms with Gasteiger partial charge in [0.25, 0.3) is 0 Å². The van der Waals surface area contributed by atoms with Crippen LogP contribution in [0.25, 0.3) is 0 Å². The number of carbonyl (C=O) groups is 1. The molecule has 0 aromatic heterocycles. The molecule has 132 valence electrons. The van der Waals surface area contributed by atoms with E-state index >= 15 is 0 Å². The van der Waals surface area contributed by atoms with E-state index in [1.165, 1.54) is 0 Å². The molecule has 0 spiro atoms. The Hall–Kier alpha value is -1.82. The van der Waals surface area contributed by atoms with E-state index in [0.717, 1.165) is 23.0 Å². The number of nitrogens with zero attached hydrogens (tertiary/aromatic N) is 2. The highest BCUT2D eigenvalue weighted by molar-refractivity contribution is 7.80. The number of anilines is 1. The molecule has 1 aromatic rings. The van der Waals surface area contributed by atoms with Crippen LogP contribution in [0.3, 0.4) is 0 Å². The van der Waals surface area contributed by atoms with Crippen LogP contribution in [0.15, 0.2) is 24.3 Å². The van der Waals surface area contributed by atoms with Crippen LogP contribution in [0, 0.1) is 0 Å². The average molecular weight is 350 g/mol. The van der Waals surface area contributed by atoms with E-state index < -0.39 is 0 Å². The number of methoxy groups -OCH3 is 1. The van der Waals surface area contributed by atoms with Gasteiger partial charge >= 0.3 is 0 Å². The largest absolute Gasteiger partial charge is 0.497 e. The molecule has 5 nitrogen and oxygen atoms in total. The third-order valence-corrected chi connectivity index (χ3v) is 4.78. The summed E-state index contributed by atoms with van der Waals surface area (Å²) in [4.78, 5) is 16.3. The molecule has 1 saturated heterocycles. The van der Waals surface area contributed by atoms with E-state index in [1.54, 1.807) is 19.1 Å². The zero-order chi connectivity index (χ0) is 17.9. The highest BCUT2D eigenvalue weighted by Gasteiger charge is 2.33. The number of ether oxygens (including phenoxy) is 1. The Morgan fingerprint density at radius 2 is 2.04 bits per heavy atom. The van der Waals surface area contributed by atoms with Gasteiger partial charge in [0.1, 0.15) is 5.75 Å². The normalized spacial score (nSPS) is 19.6. The van der Waals surface area contributed by atoms with Crippen molar-refractivity contribution in [1.82, 2.24) is 10.2 Å². The molecule has 2 rings (SSSR count). The maximum absolute atomic E-state index is 12.5. The number of carbonyl (C=O) groups excluding carboxylic acids is 1. The summed E-state index contributed by atoms with van der Waals surface area (Å²) in [6.07, 6.45) is 1.42. The molecule has 1 atom stereocenters. The summed E-state index contributed by atoms with van der Waals surface area (Å²) in [7, 11) is 3.42.